The summed E-state index contributed by atoms with van der Waals surface area (Å²) >= 11 is 4.05. The molecular formula is C43H39N8O5S3+. The van der Waals surface area contributed by atoms with Crippen molar-refractivity contribution in [3.05, 3.63) is 154 Å². The molecule has 6 aromatic rings. The van der Waals surface area contributed by atoms with Crippen LogP contribution < -0.4 is 15.2 Å². The Kier molecular flexibility index (Phi) is 10.6. The van der Waals surface area contributed by atoms with E-state index in [0.29, 0.717) is 16.5 Å². The van der Waals surface area contributed by atoms with Crippen molar-refractivity contribution in [2.24, 2.45) is 12.2 Å². The van der Waals surface area contributed by atoms with Crippen molar-refractivity contribution < 1.29 is 28.9 Å². The molecule has 1 aliphatic carbocycles. The third-order valence-electron chi connectivity index (χ3n) is 10.7. The average molecular weight is 844 g/mol. The molecule has 3 N–H and O–H groups in total. The predicted octanol–water partition coefficient (Wildman–Crippen LogP) is 6.20. The number of aryl methyl sites for hydroxylation is 1. The molecule has 2 aliphatic heterocycles. The monoisotopic (exact) mass is 843 g/mol. The molecule has 3 aromatic heterocycles. The van der Waals surface area contributed by atoms with Crippen LogP contribution in [0.1, 0.15) is 53.9 Å². The number of oxime groups is 1. The number of β-lactam (4-membered cyclic amide) rings is 1. The number of nitrogens with one attached hydrogen (secondary N) is 2. The van der Waals surface area contributed by atoms with Crippen LogP contribution in [0, 0.1) is 0 Å². The van der Waals surface area contributed by atoms with Crippen molar-refractivity contribution in [1.29, 1.82) is 0 Å². The molecular weight excluding hydrogens is 805 g/mol. The molecule has 13 nitrogen and oxygen atoms in total. The van der Waals surface area contributed by atoms with Crippen LogP contribution in [0.15, 0.2) is 131 Å². The normalized spacial score (nSPS) is 18.6. The number of hydrogen-bond acceptors (Lipinski definition) is 11. The fraction of sp³-hybridized carbons (Fsp3) is 0.233. The standard InChI is InChI=1S/C43H38N8O5S3/c1-49-23-33-50(26-49)31(25-57-33)22-21-27-24-58-40-35(39(53)51(40)36(27)41(54)55)44-38(52)34(47-56-32-19-11-12-20-32)37-45-42(59-48-37)46-43(28-13-5-2-6-14-28,29-15-7-3-8-16-29)30-17-9-4-10-18-30/h2-10,13-18,21-23,25-26,32,35,40H,11-12,19-20,24H2,1H3,(H2-,44,45,46,48,52,54,55)/p+1/b22-21?,47-34-/t35-,40-/m1/s1. The molecule has 9 rings (SSSR count). The van der Waals surface area contributed by atoms with Gasteiger partial charge in [-0.3, -0.25) is 14.5 Å². The van der Waals surface area contributed by atoms with Crippen molar-refractivity contribution in [2.75, 3.05) is 11.1 Å². The van der Waals surface area contributed by atoms with Gasteiger partial charge in [-0.05, 0) is 54.0 Å². The van der Waals surface area contributed by atoms with Crippen molar-refractivity contribution in [3.8, 4) is 0 Å². The first-order valence-corrected chi connectivity index (χ1v) is 21.9. The van der Waals surface area contributed by atoms with Crippen LogP contribution in [-0.4, -0.2) is 70.5 Å². The third kappa shape index (κ3) is 7.32. The highest BCUT2D eigenvalue weighted by atomic mass is 32.2. The molecule has 59 heavy (non-hydrogen) atoms. The molecule has 3 aromatic carbocycles. The fourth-order valence-electron chi connectivity index (χ4n) is 7.87. The van der Waals surface area contributed by atoms with Gasteiger partial charge in [0.2, 0.25) is 27.8 Å². The molecule has 0 bridgehead atoms. The Morgan fingerprint density at radius 3 is 2.24 bits per heavy atom. The zero-order valence-corrected chi connectivity index (χ0v) is 34.3. The van der Waals surface area contributed by atoms with E-state index in [0.717, 1.165) is 64.4 Å². The zero-order valence-electron chi connectivity index (χ0n) is 31.8. The molecule has 298 valence electrons. The van der Waals surface area contributed by atoms with Crippen LogP contribution in [0.4, 0.5) is 5.13 Å². The second-order valence-electron chi connectivity index (χ2n) is 14.5. The molecule has 0 radical (unpaired) electrons. The maximum absolute atomic E-state index is 14.2. The van der Waals surface area contributed by atoms with Crippen LogP contribution in [0.25, 0.3) is 10.9 Å². The second-order valence-corrected chi connectivity index (χ2v) is 17.2. The summed E-state index contributed by atoms with van der Waals surface area (Å²) in [6, 6.07) is 29.2. The maximum atomic E-state index is 14.2. The van der Waals surface area contributed by atoms with Gasteiger partial charge in [0.15, 0.2) is 0 Å². The molecule has 2 fully saturated rings. The highest BCUT2D eigenvalue weighted by Crippen LogP contribution is 2.42. The summed E-state index contributed by atoms with van der Waals surface area (Å²) in [5, 5.41) is 23.0. The molecule has 1 saturated carbocycles. The van der Waals surface area contributed by atoms with Gasteiger partial charge >= 0.3 is 5.97 Å². The van der Waals surface area contributed by atoms with Gasteiger partial charge in [0.25, 0.3) is 11.8 Å². The lowest BCUT2D eigenvalue weighted by molar-refractivity contribution is -0.669. The minimum absolute atomic E-state index is 0.0355. The number of benzene rings is 3. The first-order chi connectivity index (χ1) is 28.8. The summed E-state index contributed by atoms with van der Waals surface area (Å²) in [4.78, 5) is 53.6. The number of amides is 2. The largest absolute Gasteiger partial charge is 0.477 e. The number of thiazole rings is 1. The number of rotatable bonds is 13. The van der Waals surface area contributed by atoms with Gasteiger partial charge in [-0.2, -0.15) is 13.8 Å². The number of allylic oxidation sites excluding steroid dienone is 1. The summed E-state index contributed by atoms with van der Waals surface area (Å²) < 4.78 is 8.57. The van der Waals surface area contributed by atoms with Gasteiger partial charge < -0.3 is 20.6 Å². The number of fused-ring (bicyclic) bond motifs is 2. The Balaban J connectivity index is 0.997. The Morgan fingerprint density at radius 1 is 0.966 bits per heavy atom. The Labute approximate surface area is 351 Å². The highest BCUT2D eigenvalue weighted by molar-refractivity contribution is 8.00. The van der Waals surface area contributed by atoms with E-state index in [4.69, 9.17) is 9.82 Å². The molecule has 2 amide bonds. The molecule has 16 heteroatoms. The number of hydrogen-bond donors (Lipinski definition) is 3. The predicted molar refractivity (Wildman–Crippen MR) is 228 cm³/mol. The number of nitrogens with zero attached hydrogens (tertiary/aromatic N) is 6. The number of carboxylic acids is 1. The van der Waals surface area contributed by atoms with Gasteiger partial charge in [0.05, 0.1) is 7.05 Å². The van der Waals surface area contributed by atoms with Crippen molar-refractivity contribution in [2.45, 2.75) is 48.7 Å². The first-order valence-electron chi connectivity index (χ1n) is 19.2. The third-order valence-corrected chi connectivity index (χ3v) is 13.6. The summed E-state index contributed by atoms with van der Waals surface area (Å²) in [6.07, 6.45) is 11.0. The molecule has 3 aliphatic rings. The van der Waals surface area contributed by atoms with E-state index in [1.54, 1.807) is 17.4 Å². The Hall–Kier alpha value is -6.10. The van der Waals surface area contributed by atoms with E-state index in [1.165, 1.54) is 16.7 Å². The van der Waals surface area contributed by atoms with Gasteiger partial charge in [-0.1, -0.05) is 114 Å². The van der Waals surface area contributed by atoms with Crippen LogP contribution in [0.5, 0.6) is 0 Å². The van der Waals surface area contributed by atoms with Gasteiger partial charge in [-0.25, -0.2) is 9.36 Å². The Bertz CT molecular complexity index is 2520. The molecule has 5 heterocycles. The van der Waals surface area contributed by atoms with E-state index in [2.05, 4.69) is 56.6 Å². The smallest absolute Gasteiger partial charge is 0.352 e. The minimum atomic E-state index is -1.22. The SMILES string of the molecule is C[n+]1cc2scc(C=CC3=C(C(=O)O)N4C(=O)[C@@H](NC(=O)/C(=N\OC5CCCC5)c5nsc(NC(c6ccccc6)(c6ccccc6)c6ccccc6)n5)[C@H]4SC3)n2c1. The number of aromatic nitrogens is 4. The second kappa shape index (κ2) is 16.3. The fourth-order valence-corrected chi connectivity index (χ4v) is 10.7. The first kappa shape index (κ1) is 38.4. The Morgan fingerprint density at radius 2 is 1.61 bits per heavy atom. The number of anilines is 1. The van der Waals surface area contributed by atoms with Crippen LogP contribution >= 0.6 is 34.6 Å². The number of carbonyl (C=O) groups is 3. The molecule has 1 saturated heterocycles. The summed E-state index contributed by atoms with van der Waals surface area (Å²) in [5.74, 6) is -2.08. The van der Waals surface area contributed by atoms with E-state index in [-0.39, 0.29) is 23.3 Å². The van der Waals surface area contributed by atoms with E-state index < -0.39 is 34.7 Å². The van der Waals surface area contributed by atoms with Crippen LogP contribution in [0.3, 0.4) is 0 Å². The highest BCUT2D eigenvalue weighted by Gasteiger charge is 2.54. The molecule has 0 spiro atoms. The average Bonchev–Trinajstić information content (AvgIpc) is 4.09. The van der Waals surface area contributed by atoms with E-state index in [1.807, 2.05) is 94.6 Å². The van der Waals surface area contributed by atoms with Gasteiger partial charge in [-0.15, -0.1) is 11.8 Å². The number of thioether (sulfide) groups is 1. The van der Waals surface area contributed by atoms with Gasteiger partial charge in [0.1, 0.15) is 40.6 Å². The number of carboxylic acid groups (broad SMARTS) is 1. The minimum Gasteiger partial charge on any atom is -0.477 e. The molecule has 0 unspecified atom stereocenters. The summed E-state index contributed by atoms with van der Waals surface area (Å²) in [5.41, 5.74) is 3.14. The number of imidazole rings is 1. The summed E-state index contributed by atoms with van der Waals surface area (Å²) in [6.45, 7) is 0. The maximum Gasteiger partial charge on any atom is 0.352 e. The van der Waals surface area contributed by atoms with Crippen LogP contribution in [-0.2, 0) is 31.8 Å². The lowest BCUT2D eigenvalue weighted by Gasteiger charge is -2.49. The van der Waals surface area contributed by atoms with Gasteiger partial charge in [0, 0.05) is 22.7 Å². The quantitative estimate of drug-likeness (QED) is 0.0406. The zero-order chi connectivity index (χ0) is 40.5. The summed E-state index contributed by atoms with van der Waals surface area (Å²) in [7, 11) is 1.94. The lowest BCUT2D eigenvalue weighted by atomic mass is 9.77. The van der Waals surface area contributed by atoms with Crippen molar-refractivity contribution >= 4 is 74.2 Å². The van der Waals surface area contributed by atoms with Crippen molar-refractivity contribution in [3.63, 3.8) is 0 Å². The lowest BCUT2D eigenvalue weighted by Crippen LogP contribution is -2.71. The van der Waals surface area contributed by atoms with Crippen molar-refractivity contribution in [1.82, 2.24) is 24.0 Å². The number of aliphatic carboxylic acids is 1. The van der Waals surface area contributed by atoms with E-state index >= 15 is 0 Å². The topological polar surface area (TPSA) is 154 Å². The van der Waals surface area contributed by atoms with E-state index in [9.17, 15) is 19.5 Å². The van der Waals surface area contributed by atoms with Crippen LogP contribution in [0.2, 0.25) is 0 Å². The molecule has 2 atom stereocenters. The number of carbonyl (C=O) groups excluding carboxylic acids is 2.